The molecule has 1 radical (unpaired) electrons. The van der Waals surface area contributed by atoms with Crippen molar-refractivity contribution in [3.8, 4) is 11.1 Å². The van der Waals surface area contributed by atoms with Crippen molar-refractivity contribution in [1.29, 1.82) is 0 Å². The Balaban J connectivity index is 2.58. The van der Waals surface area contributed by atoms with Crippen LogP contribution in [0.1, 0.15) is 0 Å². The fourth-order valence-corrected chi connectivity index (χ4v) is 1.34. The molecule has 0 fully saturated rings. The molecule has 0 amide bonds. The standard InChI is InChI=1S/C11H7N2O2/c14-13(15)11-6-2-1-5-10(11)9-4-3-7-12-8-9/h1-7H. The van der Waals surface area contributed by atoms with Crippen molar-refractivity contribution in [1.82, 2.24) is 4.98 Å². The highest BCUT2D eigenvalue weighted by molar-refractivity contribution is 5.72. The van der Waals surface area contributed by atoms with E-state index in [2.05, 4.69) is 11.2 Å². The van der Waals surface area contributed by atoms with Crippen LogP contribution in [0.4, 0.5) is 5.69 Å². The molecule has 4 heteroatoms. The van der Waals surface area contributed by atoms with Crippen LogP contribution in [-0.4, -0.2) is 9.91 Å². The molecule has 0 aliphatic carbocycles. The van der Waals surface area contributed by atoms with E-state index in [1.807, 2.05) is 0 Å². The van der Waals surface area contributed by atoms with Gasteiger partial charge in [-0.3, -0.25) is 15.1 Å². The highest BCUT2D eigenvalue weighted by Gasteiger charge is 2.13. The normalized spacial score (nSPS) is 9.87. The van der Waals surface area contributed by atoms with Gasteiger partial charge in [0.15, 0.2) is 0 Å². The maximum absolute atomic E-state index is 10.8. The van der Waals surface area contributed by atoms with Crippen molar-refractivity contribution >= 4 is 5.69 Å². The number of benzene rings is 1. The van der Waals surface area contributed by atoms with Crippen LogP contribution in [0.15, 0.2) is 42.6 Å². The van der Waals surface area contributed by atoms with Crippen LogP contribution >= 0.6 is 0 Å². The van der Waals surface area contributed by atoms with Gasteiger partial charge in [-0.05, 0) is 12.1 Å². The van der Waals surface area contributed by atoms with Crippen LogP contribution in [0.25, 0.3) is 11.1 Å². The molecule has 15 heavy (non-hydrogen) atoms. The Hall–Kier alpha value is -2.23. The minimum absolute atomic E-state index is 0.0711. The zero-order valence-corrected chi connectivity index (χ0v) is 7.75. The van der Waals surface area contributed by atoms with E-state index in [-0.39, 0.29) is 5.69 Å². The van der Waals surface area contributed by atoms with Crippen LogP contribution in [0, 0.1) is 16.3 Å². The van der Waals surface area contributed by atoms with Crippen LogP contribution in [0.2, 0.25) is 0 Å². The number of hydrogen-bond acceptors (Lipinski definition) is 3. The van der Waals surface area contributed by atoms with Crippen molar-refractivity contribution in [2.45, 2.75) is 0 Å². The molecule has 2 aromatic rings. The molecule has 1 aromatic heterocycles. The highest BCUT2D eigenvalue weighted by atomic mass is 16.6. The van der Waals surface area contributed by atoms with E-state index in [1.54, 1.807) is 36.5 Å². The van der Waals surface area contributed by atoms with Gasteiger partial charge in [-0.2, -0.15) is 0 Å². The largest absolute Gasteiger partial charge is 0.277 e. The summed E-state index contributed by atoms with van der Waals surface area (Å²) in [7, 11) is 0. The molecule has 1 heterocycles. The molecule has 73 valence electrons. The second kappa shape index (κ2) is 3.88. The van der Waals surface area contributed by atoms with E-state index in [1.165, 1.54) is 6.07 Å². The molecule has 0 saturated carbocycles. The Kier molecular flexibility index (Phi) is 2.41. The molecule has 2 rings (SSSR count). The Morgan fingerprint density at radius 3 is 2.67 bits per heavy atom. The Morgan fingerprint density at radius 1 is 1.20 bits per heavy atom. The molecule has 0 unspecified atom stereocenters. The Bertz CT molecular complexity index is 483. The summed E-state index contributed by atoms with van der Waals surface area (Å²) in [5.41, 5.74) is 1.24. The molecule has 1 aromatic carbocycles. The van der Waals surface area contributed by atoms with E-state index < -0.39 is 4.92 Å². The molecule has 4 nitrogen and oxygen atoms in total. The summed E-state index contributed by atoms with van der Waals surface area (Å²) in [6.07, 6.45) is 4.31. The molecule has 0 bridgehead atoms. The summed E-state index contributed by atoms with van der Waals surface area (Å²) >= 11 is 0. The zero-order valence-electron chi connectivity index (χ0n) is 7.75. The first-order valence-electron chi connectivity index (χ1n) is 4.35. The number of nitrogens with zero attached hydrogens (tertiary/aromatic N) is 2. The summed E-state index contributed by atoms with van der Waals surface area (Å²) in [5.74, 6) is 0. The first-order chi connectivity index (χ1) is 7.29. The van der Waals surface area contributed by atoms with E-state index in [4.69, 9.17) is 0 Å². The van der Waals surface area contributed by atoms with Gasteiger partial charge >= 0.3 is 0 Å². The topological polar surface area (TPSA) is 56.0 Å². The third kappa shape index (κ3) is 1.83. The van der Waals surface area contributed by atoms with Crippen LogP contribution in [-0.2, 0) is 0 Å². The number of hydrogen-bond donors (Lipinski definition) is 0. The maximum Gasteiger partial charge on any atom is 0.277 e. The number of nitro benzene ring substituents is 1. The molecule has 0 aliphatic rings. The van der Waals surface area contributed by atoms with Gasteiger partial charge in [0.05, 0.1) is 16.7 Å². The summed E-state index contributed by atoms with van der Waals surface area (Å²) in [6.45, 7) is 0. The van der Waals surface area contributed by atoms with E-state index in [0.29, 0.717) is 11.1 Å². The summed E-state index contributed by atoms with van der Waals surface area (Å²) < 4.78 is 0. The molecular weight excluding hydrogens is 192 g/mol. The third-order valence-electron chi connectivity index (χ3n) is 2.00. The Labute approximate surface area is 86.4 Å². The number of para-hydroxylation sites is 1. The van der Waals surface area contributed by atoms with Gasteiger partial charge in [-0.15, -0.1) is 0 Å². The molecule has 0 aliphatic heterocycles. The van der Waals surface area contributed by atoms with Gasteiger partial charge in [0, 0.05) is 17.8 Å². The second-order valence-electron chi connectivity index (χ2n) is 2.94. The monoisotopic (exact) mass is 199 g/mol. The van der Waals surface area contributed by atoms with Crippen molar-refractivity contribution in [3.63, 3.8) is 0 Å². The lowest BCUT2D eigenvalue weighted by Crippen LogP contribution is -1.91. The van der Waals surface area contributed by atoms with Crippen molar-refractivity contribution in [3.05, 3.63) is 58.9 Å². The van der Waals surface area contributed by atoms with Crippen LogP contribution in [0.3, 0.4) is 0 Å². The van der Waals surface area contributed by atoms with Gasteiger partial charge in [0.2, 0.25) is 0 Å². The summed E-state index contributed by atoms with van der Waals surface area (Å²) in [4.78, 5) is 14.2. The van der Waals surface area contributed by atoms with Gasteiger partial charge in [0.25, 0.3) is 5.69 Å². The average molecular weight is 199 g/mol. The first kappa shape index (κ1) is 9.33. The number of nitro groups is 1. The number of pyridine rings is 1. The SMILES string of the molecule is O=[N+]([O-])c1ccccc1-c1[c]nccc1. The van der Waals surface area contributed by atoms with Crippen molar-refractivity contribution < 1.29 is 4.92 Å². The Morgan fingerprint density at radius 2 is 2.00 bits per heavy atom. The molecule has 0 atom stereocenters. The van der Waals surface area contributed by atoms with Crippen molar-refractivity contribution in [2.75, 3.05) is 0 Å². The van der Waals surface area contributed by atoms with E-state index in [9.17, 15) is 10.1 Å². The molecular formula is C11H7N2O2. The molecule has 0 N–H and O–H groups in total. The van der Waals surface area contributed by atoms with E-state index >= 15 is 0 Å². The van der Waals surface area contributed by atoms with Gasteiger partial charge < -0.3 is 0 Å². The number of aromatic nitrogens is 1. The van der Waals surface area contributed by atoms with Gasteiger partial charge in [-0.1, -0.05) is 18.2 Å². The average Bonchev–Trinajstić information content (AvgIpc) is 2.30. The number of rotatable bonds is 2. The minimum atomic E-state index is -0.407. The molecule has 0 saturated heterocycles. The van der Waals surface area contributed by atoms with Crippen LogP contribution < -0.4 is 0 Å². The predicted molar refractivity (Wildman–Crippen MR) is 55.2 cm³/mol. The van der Waals surface area contributed by atoms with Gasteiger partial charge in [0.1, 0.15) is 0 Å². The second-order valence-corrected chi connectivity index (χ2v) is 2.94. The lowest BCUT2D eigenvalue weighted by Gasteiger charge is -2.00. The highest BCUT2D eigenvalue weighted by Crippen LogP contribution is 2.27. The lowest BCUT2D eigenvalue weighted by molar-refractivity contribution is -0.384. The third-order valence-corrected chi connectivity index (χ3v) is 2.00. The lowest BCUT2D eigenvalue weighted by atomic mass is 10.1. The quantitative estimate of drug-likeness (QED) is 0.551. The fraction of sp³-hybridized carbons (Fsp3) is 0. The first-order valence-corrected chi connectivity index (χ1v) is 4.35. The smallest absolute Gasteiger partial charge is 0.258 e. The zero-order chi connectivity index (χ0) is 10.7. The van der Waals surface area contributed by atoms with Crippen molar-refractivity contribution in [2.24, 2.45) is 0 Å². The summed E-state index contributed by atoms with van der Waals surface area (Å²) in [6, 6.07) is 10.0. The fourth-order valence-electron chi connectivity index (χ4n) is 1.34. The van der Waals surface area contributed by atoms with E-state index in [0.717, 1.165) is 0 Å². The van der Waals surface area contributed by atoms with Crippen LogP contribution in [0.5, 0.6) is 0 Å². The predicted octanol–water partition coefficient (Wildman–Crippen LogP) is 2.46. The molecule has 0 spiro atoms. The van der Waals surface area contributed by atoms with Gasteiger partial charge in [-0.25, -0.2) is 0 Å². The summed E-state index contributed by atoms with van der Waals surface area (Å²) in [5, 5.41) is 10.8. The minimum Gasteiger partial charge on any atom is -0.258 e. The maximum atomic E-state index is 10.8.